The van der Waals surface area contributed by atoms with Gasteiger partial charge in [0.25, 0.3) is 0 Å². The highest BCUT2D eigenvalue weighted by molar-refractivity contribution is 5.92. The molecule has 53 heavy (non-hydrogen) atoms. The number of nitrogens with one attached hydrogen (secondary N) is 2. The Morgan fingerprint density at radius 2 is 1.47 bits per heavy atom. The van der Waals surface area contributed by atoms with Crippen molar-refractivity contribution in [1.29, 1.82) is 0 Å². The van der Waals surface area contributed by atoms with E-state index in [0.29, 0.717) is 19.5 Å². The van der Waals surface area contributed by atoms with Gasteiger partial charge in [0.1, 0.15) is 25.3 Å². The van der Waals surface area contributed by atoms with Crippen molar-refractivity contribution in [2.24, 2.45) is 5.92 Å². The van der Waals surface area contributed by atoms with Crippen LogP contribution in [0.4, 0.5) is 9.59 Å². The summed E-state index contributed by atoms with van der Waals surface area (Å²) in [6.45, 7) is 2.76. The predicted molar refractivity (Wildman–Crippen MR) is 201 cm³/mol. The first-order chi connectivity index (χ1) is 25.8. The summed E-state index contributed by atoms with van der Waals surface area (Å²) in [4.78, 5) is 63.9. The molecule has 0 radical (unpaired) electrons. The zero-order chi connectivity index (χ0) is 36.9. The fraction of sp³-hybridized carbons (Fsp3) is 0.429. The number of para-hydroxylation sites is 1. The first kappa shape index (κ1) is 36.1. The van der Waals surface area contributed by atoms with Crippen molar-refractivity contribution in [3.63, 3.8) is 0 Å². The maximum Gasteiger partial charge on any atom is 0.410 e. The van der Waals surface area contributed by atoms with E-state index in [0.717, 1.165) is 59.7 Å². The summed E-state index contributed by atoms with van der Waals surface area (Å²) < 4.78 is 11.3. The number of benzene rings is 3. The molecule has 11 nitrogen and oxygen atoms in total. The molecule has 3 heterocycles. The van der Waals surface area contributed by atoms with Gasteiger partial charge in [0, 0.05) is 43.2 Å². The molecule has 4 amide bonds. The third kappa shape index (κ3) is 7.75. The van der Waals surface area contributed by atoms with Gasteiger partial charge >= 0.3 is 12.2 Å². The fourth-order valence-corrected chi connectivity index (χ4v) is 8.49. The highest BCUT2D eigenvalue weighted by Crippen LogP contribution is 2.44. The van der Waals surface area contributed by atoms with Gasteiger partial charge in [-0.25, -0.2) is 9.59 Å². The first-order valence-corrected chi connectivity index (χ1v) is 18.9. The Hall–Kier alpha value is -5.32. The van der Waals surface area contributed by atoms with Crippen molar-refractivity contribution in [3.05, 3.63) is 108 Å². The predicted octanol–water partition coefficient (Wildman–Crippen LogP) is 6.60. The van der Waals surface area contributed by atoms with E-state index < -0.39 is 30.2 Å². The summed E-state index contributed by atoms with van der Waals surface area (Å²) >= 11 is 0. The van der Waals surface area contributed by atoms with E-state index in [9.17, 15) is 19.2 Å². The van der Waals surface area contributed by atoms with Crippen LogP contribution in [0, 0.1) is 5.92 Å². The van der Waals surface area contributed by atoms with Crippen LogP contribution < -0.4 is 5.32 Å². The molecular formula is C42H49N5O6. The van der Waals surface area contributed by atoms with Gasteiger partial charge in [-0.3, -0.25) is 14.5 Å². The lowest BCUT2D eigenvalue weighted by atomic mass is 9.82. The lowest BCUT2D eigenvalue weighted by molar-refractivity contribution is -0.140. The number of likely N-dealkylation sites (tertiary alicyclic amines) is 2. The normalized spacial score (nSPS) is 21.1. The molecule has 278 valence electrons. The molecule has 3 aliphatic rings. The molecular weight excluding hydrogens is 670 g/mol. The van der Waals surface area contributed by atoms with Crippen molar-refractivity contribution in [1.82, 2.24) is 25.0 Å². The summed E-state index contributed by atoms with van der Waals surface area (Å²) in [5, 5.41) is 4.17. The SMILES string of the molecule is C[C@@H](C(=O)N[C@H](C(=O)N1CC[C@@H]2[C@H]1[C@@H](c1c[nH]c3ccccc13)CN2C(=O)OCc1ccccc1)C1CCCCC1)N(C)C(=O)OCc1ccccc1. The lowest BCUT2D eigenvalue weighted by Crippen LogP contribution is -2.58. The average molecular weight is 720 g/mol. The number of carbonyl (C=O) groups is 4. The van der Waals surface area contributed by atoms with Crippen LogP contribution in [0.5, 0.6) is 0 Å². The average Bonchev–Trinajstić information content (AvgIpc) is 3.93. The van der Waals surface area contributed by atoms with Gasteiger partial charge in [-0.1, -0.05) is 98.1 Å². The van der Waals surface area contributed by atoms with Crippen LogP contribution in [-0.2, 0) is 32.3 Å². The molecule has 2 aliphatic heterocycles. The molecule has 0 bridgehead atoms. The number of carbonyl (C=O) groups excluding carboxylic acids is 4. The molecule has 7 rings (SSSR count). The molecule has 0 spiro atoms. The van der Waals surface area contributed by atoms with Crippen LogP contribution in [0.1, 0.15) is 68.1 Å². The van der Waals surface area contributed by atoms with Crippen molar-refractivity contribution >= 4 is 34.9 Å². The van der Waals surface area contributed by atoms with E-state index in [1.807, 2.05) is 90.0 Å². The van der Waals surface area contributed by atoms with E-state index in [1.54, 1.807) is 11.8 Å². The number of nitrogens with zero attached hydrogens (tertiary/aromatic N) is 3. The zero-order valence-electron chi connectivity index (χ0n) is 30.5. The molecule has 2 saturated heterocycles. The van der Waals surface area contributed by atoms with Gasteiger partial charge in [-0.05, 0) is 54.9 Å². The molecule has 1 saturated carbocycles. The number of ether oxygens (including phenoxy) is 2. The number of aromatic nitrogens is 1. The number of H-pyrrole nitrogens is 1. The Balaban J connectivity index is 1.11. The molecule has 1 aliphatic carbocycles. The van der Waals surface area contributed by atoms with Crippen LogP contribution in [0.3, 0.4) is 0 Å². The summed E-state index contributed by atoms with van der Waals surface area (Å²) in [7, 11) is 1.54. The van der Waals surface area contributed by atoms with Crippen molar-refractivity contribution < 1.29 is 28.7 Å². The topological polar surface area (TPSA) is 124 Å². The van der Waals surface area contributed by atoms with Gasteiger partial charge in [0.05, 0.1) is 12.1 Å². The van der Waals surface area contributed by atoms with Crippen molar-refractivity contribution in [2.75, 3.05) is 20.1 Å². The van der Waals surface area contributed by atoms with Gasteiger partial charge in [-0.2, -0.15) is 0 Å². The largest absolute Gasteiger partial charge is 0.445 e. The summed E-state index contributed by atoms with van der Waals surface area (Å²) in [6.07, 6.45) is 6.30. The van der Waals surface area contributed by atoms with Crippen molar-refractivity contribution in [3.8, 4) is 0 Å². The molecule has 3 aromatic carbocycles. The minimum absolute atomic E-state index is 0.0401. The van der Waals surface area contributed by atoms with Crippen LogP contribution in [0.25, 0.3) is 10.9 Å². The monoisotopic (exact) mass is 719 g/mol. The second-order valence-corrected chi connectivity index (χ2v) is 14.7. The number of likely N-dealkylation sites (N-methyl/N-ethyl adjacent to an activating group) is 1. The summed E-state index contributed by atoms with van der Waals surface area (Å²) in [6, 6.07) is 24.9. The number of aromatic amines is 1. The van der Waals surface area contributed by atoms with E-state index in [-0.39, 0.29) is 43.0 Å². The smallest absolute Gasteiger partial charge is 0.410 e. The van der Waals surface area contributed by atoms with E-state index >= 15 is 0 Å². The van der Waals surface area contributed by atoms with Gasteiger partial charge in [0.15, 0.2) is 0 Å². The Morgan fingerprint density at radius 3 is 2.17 bits per heavy atom. The Labute approximate surface area is 310 Å². The third-order valence-corrected chi connectivity index (χ3v) is 11.5. The fourth-order valence-electron chi connectivity index (χ4n) is 8.49. The van der Waals surface area contributed by atoms with E-state index in [1.165, 1.54) is 11.9 Å². The number of hydrogen-bond acceptors (Lipinski definition) is 6. The molecule has 2 N–H and O–H groups in total. The molecule has 1 aromatic heterocycles. The van der Waals surface area contributed by atoms with E-state index in [2.05, 4.69) is 16.4 Å². The molecule has 3 fully saturated rings. The van der Waals surface area contributed by atoms with Gasteiger partial charge in [0.2, 0.25) is 11.8 Å². The molecule has 5 atom stereocenters. The molecule has 11 heteroatoms. The maximum absolute atomic E-state index is 14.9. The number of amides is 4. The second-order valence-electron chi connectivity index (χ2n) is 14.7. The minimum Gasteiger partial charge on any atom is -0.445 e. The maximum atomic E-state index is 14.9. The zero-order valence-corrected chi connectivity index (χ0v) is 30.5. The Morgan fingerprint density at radius 1 is 0.830 bits per heavy atom. The molecule has 0 unspecified atom stereocenters. The number of rotatable bonds is 10. The summed E-state index contributed by atoms with van der Waals surface area (Å²) in [5.41, 5.74) is 3.80. The van der Waals surface area contributed by atoms with Crippen LogP contribution in [0.2, 0.25) is 0 Å². The Kier molecular flexibility index (Phi) is 11.0. The van der Waals surface area contributed by atoms with Gasteiger partial charge in [-0.15, -0.1) is 0 Å². The van der Waals surface area contributed by atoms with Gasteiger partial charge < -0.3 is 29.6 Å². The number of hydrogen-bond donors (Lipinski definition) is 2. The highest BCUT2D eigenvalue weighted by Gasteiger charge is 2.54. The van der Waals surface area contributed by atoms with E-state index in [4.69, 9.17) is 9.47 Å². The summed E-state index contributed by atoms with van der Waals surface area (Å²) in [5.74, 6) is -0.751. The van der Waals surface area contributed by atoms with Crippen LogP contribution in [-0.4, -0.2) is 88.0 Å². The third-order valence-electron chi connectivity index (χ3n) is 11.5. The second kappa shape index (κ2) is 16.1. The highest BCUT2D eigenvalue weighted by atomic mass is 16.6. The quantitative estimate of drug-likeness (QED) is 0.191. The van der Waals surface area contributed by atoms with Crippen LogP contribution in [0.15, 0.2) is 91.1 Å². The first-order valence-electron chi connectivity index (χ1n) is 18.9. The minimum atomic E-state index is -0.871. The Bertz CT molecular complexity index is 1890. The number of fused-ring (bicyclic) bond motifs is 2. The lowest BCUT2D eigenvalue weighted by Gasteiger charge is -2.37. The van der Waals surface area contributed by atoms with Crippen molar-refractivity contribution in [2.45, 2.75) is 88.7 Å². The standard InChI is InChI=1S/C42H49N5O6/c1-28(45(2)41(50)52-26-29-14-6-3-7-15-29)39(48)44-37(31-18-10-5-11-19-31)40(49)46-23-22-36-38(46)34(33-24-43-35-21-13-12-20-32(33)35)25-47(36)42(51)53-27-30-16-8-4-9-17-30/h3-4,6-9,12-17,20-21,24,28,31,34,36-38,43H,5,10-11,18-19,22-23,25-27H2,1-2H3,(H,44,48)/t28-,34+,36+,37-,38+/m0/s1. The van der Waals surface area contributed by atoms with Crippen LogP contribution >= 0.6 is 0 Å². The molecule has 4 aromatic rings.